The zero-order valence-corrected chi connectivity index (χ0v) is 18.6. The Hall–Kier alpha value is -3.79. The molecular weight excluding hydrogens is 426 g/mol. The van der Waals surface area contributed by atoms with Gasteiger partial charge >= 0.3 is 0 Å². The largest absolute Gasteiger partial charge is 0.347 e. The van der Waals surface area contributed by atoms with Gasteiger partial charge in [-0.05, 0) is 31.2 Å². The number of pyridine rings is 1. The Balaban J connectivity index is 1.37. The van der Waals surface area contributed by atoms with Crippen molar-refractivity contribution in [1.29, 1.82) is 0 Å². The molecule has 5 aromatic rings. The lowest BCUT2D eigenvalue weighted by Gasteiger charge is -2.08. The van der Waals surface area contributed by atoms with Gasteiger partial charge in [0, 0.05) is 53.3 Å². The number of amides is 1. The minimum absolute atomic E-state index is 0.186. The molecule has 1 aromatic carbocycles. The summed E-state index contributed by atoms with van der Waals surface area (Å²) in [4.78, 5) is 29.8. The number of benzene rings is 1. The molecule has 10 heteroatoms. The number of hydrogen-bond acceptors (Lipinski definition) is 5. The number of nitrogens with one attached hydrogen (secondary N) is 3. The molecule has 0 radical (unpaired) electrons. The molecule has 1 amide bonds. The van der Waals surface area contributed by atoms with E-state index in [-0.39, 0.29) is 18.0 Å². The number of H-pyrrole nitrogens is 2. The fourth-order valence-corrected chi connectivity index (χ4v) is 4.82. The summed E-state index contributed by atoms with van der Waals surface area (Å²) in [7, 11) is 3.66. The predicted octanol–water partition coefficient (Wildman–Crippen LogP) is 2.87. The summed E-state index contributed by atoms with van der Waals surface area (Å²) < 4.78 is 3.53. The molecule has 0 unspecified atom stereocenters. The van der Waals surface area contributed by atoms with Gasteiger partial charge in [0.05, 0.1) is 28.8 Å². The number of nitrogens with zero attached hydrogens (tertiary/aromatic N) is 4. The van der Waals surface area contributed by atoms with Gasteiger partial charge in [-0.3, -0.25) is 19.4 Å². The number of aryl methyl sites for hydroxylation is 1. The zero-order valence-electron chi connectivity index (χ0n) is 17.8. The van der Waals surface area contributed by atoms with Crippen LogP contribution in [0.25, 0.3) is 21.8 Å². The first-order chi connectivity index (χ1) is 15.4. The second kappa shape index (κ2) is 7.72. The van der Waals surface area contributed by atoms with Gasteiger partial charge in [-0.1, -0.05) is 11.8 Å². The summed E-state index contributed by atoms with van der Waals surface area (Å²) >= 11 is 1.61. The molecule has 5 rings (SSSR count). The van der Waals surface area contributed by atoms with Crippen LogP contribution in [0.3, 0.4) is 0 Å². The van der Waals surface area contributed by atoms with Crippen LogP contribution in [0.1, 0.15) is 21.7 Å². The van der Waals surface area contributed by atoms with Crippen LogP contribution in [-0.2, 0) is 20.6 Å². The van der Waals surface area contributed by atoms with E-state index >= 15 is 0 Å². The third-order valence-electron chi connectivity index (χ3n) is 5.67. The van der Waals surface area contributed by atoms with E-state index in [1.54, 1.807) is 35.9 Å². The van der Waals surface area contributed by atoms with Crippen molar-refractivity contribution in [3.05, 3.63) is 70.2 Å². The lowest BCUT2D eigenvalue weighted by molar-refractivity contribution is 0.0942. The minimum atomic E-state index is -0.198. The highest BCUT2D eigenvalue weighted by molar-refractivity contribution is 7.99. The summed E-state index contributed by atoms with van der Waals surface area (Å²) in [5.41, 5.74) is 3.87. The number of aromatic nitrogens is 6. The molecule has 3 N–H and O–H groups in total. The van der Waals surface area contributed by atoms with Crippen molar-refractivity contribution in [3.8, 4) is 0 Å². The summed E-state index contributed by atoms with van der Waals surface area (Å²) in [5.74, 6) is -0.186. The van der Waals surface area contributed by atoms with Crippen LogP contribution in [0, 0.1) is 6.92 Å². The lowest BCUT2D eigenvalue weighted by Crippen LogP contribution is -2.25. The van der Waals surface area contributed by atoms with Crippen molar-refractivity contribution in [2.45, 2.75) is 23.3 Å². The van der Waals surface area contributed by atoms with Crippen LogP contribution in [0.4, 0.5) is 0 Å². The molecular formula is C22H21N7O2S. The summed E-state index contributed by atoms with van der Waals surface area (Å²) in [6, 6.07) is 8.01. The van der Waals surface area contributed by atoms with E-state index < -0.39 is 0 Å². The first-order valence-corrected chi connectivity index (χ1v) is 10.8. The normalized spacial score (nSPS) is 11.5. The number of carbonyl (C=O) groups excluding carboxylic acids is 1. The van der Waals surface area contributed by atoms with E-state index in [4.69, 9.17) is 0 Å². The second-order valence-electron chi connectivity index (χ2n) is 7.62. The SMILES string of the molecule is Cc1c(Sc2ccc3[nH]ncc3c2)cc(C(=O)NCc2c[nH]c(=O)c3cnn(C)c23)n1C. The molecule has 0 spiro atoms. The fraction of sp³-hybridized carbons (Fsp3) is 0.182. The van der Waals surface area contributed by atoms with Gasteiger partial charge in [0.15, 0.2) is 0 Å². The average molecular weight is 448 g/mol. The van der Waals surface area contributed by atoms with E-state index in [1.807, 2.05) is 36.7 Å². The van der Waals surface area contributed by atoms with Gasteiger partial charge in [-0.15, -0.1) is 0 Å². The number of aromatic amines is 2. The van der Waals surface area contributed by atoms with Crippen molar-refractivity contribution in [2.24, 2.45) is 14.1 Å². The Labute approximate surface area is 186 Å². The number of hydrogen-bond donors (Lipinski definition) is 3. The molecule has 0 fully saturated rings. The molecule has 162 valence electrons. The highest BCUT2D eigenvalue weighted by atomic mass is 32.2. The van der Waals surface area contributed by atoms with Crippen LogP contribution in [-0.4, -0.2) is 35.4 Å². The smallest absolute Gasteiger partial charge is 0.268 e. The number of fused-ring (bicyclic) bond motifs is 2. The number of rotatable bonds is 5. The summed E-state index contributed by atoms with van der Waals surface area (Å²) in [5, 5.41) is 15.7. The first-order valence-electron chi connectivity index (χ1n) is 10.00. The molecule has 32 heavy (non-hydrogen) atoms. The highest BCUT2D eigenvalue weighted by Gasteiger charge is 2.17. The van der Waals surface area contributed by atoms with Crippen LogP contribution in [0.2, 0.25) is 0 Å². The highest BCUT2D eigenvalue weighted by Crippen LogP contribution is 2.33. The quantitative estimate of drug-likeness (QED) is 0.383. The molecule has 0 saturated heterocycles. The summed E-state index contributed by atoms with van der Waals surface area (Å²) in [6.45, 7) is 2.27. The molecule has 4 heterocycles. The van der Waals surface area contributed by atoms with Crippen LogP contribution < -0.4 is 10.9 Å². The molecule has 9 nitrogen and oxygen atoms in total. The van der Waals surface area contributed by atoms with Crippen LogP contribution in [0.5, 0.6) is 0 Å². The molecule has 4 aromatic heterocycles. The molecule has 0 aliphatic rings. The van der Waals surface area contributed by atoms with Gasteiger partial charge in [-0.2, -0.15) is 10.2 Å². The van der Waals surface area contributed by atoms with Crippen molar-refractivity contribution in [2.75, 3.05) is 0 Å². The van der Waals surface area contributed by atoms with Crippen molar-refractivity contribution >= 4 is 39.5 Å². The van der Waals surface area contributed by atoms with Crippen LogP contribution in [0.15, 0.2) is 57.4 Å². The van der Waals surface area contributed by atoms with Crippen molar-refractivity contribution < 1.29 is 4.79 Å². The fourth-order valence-electron chi connectivity index (χ4n) is 3.79. The van der Waals surface area contributed by atoms with Gasteiger partial charge in [0.2, 0.25) is 0 Å². The molecule has 0 atom stereocenters. The molecule has 0 bridgehead atoms. The molecule has 0 aliphatic carbocycles. The lowest BCUT2D eigenvalue weighted by atomic mass is 10.2. The standard InChI is InChI=1S/C22H21N7O2S/c1-12-19(32-15-4-5-17-13(6-15)10-25-27-17)7-18(28(12)2)22(31)24-9-14-8-23-21(30)16-11-26-29(3)20(14)16/h4-8,10-11H,9H2,1-3H3,(H,23,30)(H,24,31)(H,25,27). The van der Waals surface area contributed by atoms with Crippen LogP contribution >= 0.6 is 11.8 Å². The minimum Gasteiger partial charge on any atom is -0.347 e. The average Bonchev–Trinajstić information content (AvgIpc) is 3.48. The molecule has 0 saturated carbocycles. The third kappa shape index (κ3) is 3.38. The maximum absolute atomic E-state index is 13.0. The Morgan fingerprint density at radius 2 is 2.06 bits per heavy atom. The topological polar surface area (TPSA) is 113 Å². The monoisotopic (exact) mass is 447 g/mol. The van der Waals surface area contributed by atoms with Gasteiger partial charge in [0.25, 0.3) is 11.5 Å². The Morgan fingerprint density at radius 3 is 2.91 bits per heavy atom. The molecule has 0 aliphatic heterocycles. The van der Waals surface area contributed by atoms with E-state index in [2.05, 4.69) is 31.7 Å². The van der Waals surface area contributed by atoms with Gasteiger partial charge < -0.3 is 14.9 Å². The van der Waals surface area contributed by atoms with Gasteiger partial charge in [0.1, 0.15) is 5.69 Å². The second-order valence-corrected chi connectivity index (χ2v) is 8.73. The van der Waals surface area contributed by atoms with E-state index in [0.29, 0.717) is 16.6 Å². The Morgan fingerprint density at radius 1 is 1.22 bits per heavy atom. The van der Waals surface area contributed by atoms with Gasteiger partial charge in [-0.25, -0.2) is 0 Å². The third-order valence-corrected chi connectivity index (χ3v) is 6.79. The number of carbonyl (C=O) groups is 1. The van der Waals surface area contributed by atoms with E-state index in [1.165, 1.54) is 6.20 Å². The maximum atomic E-state index is 13.0. The van der Waals surface area contributed by atoms with E-state index in [0.717, 1.165) is 32.0 Å². The summed E-state index contributed by atoms with van der Waals surface area (Å²) in [6.07, 6.45) is 4.95. The predicted molar refractivity (Wildman–Crippen MR) is 123 cm³/mol. The van der Waals surface area contributed by atoms with Crippen molar-refractivity contribution in [3.63, 3.8) is 0 Å². The maximum Gasteiger partial charge on any atom is 0.268 e. The zero-order chi connectivity index (χ0) is 22.4. The Kier molecular flexibility index (Phi) is 4.86. The Bertz CT molecular complexity index is 1540. The van der Waals surface area contributed by atoms with Crippen molar-refractivity contribution in [1.82, 2.24) is 34.8 Å². The van der Waals surface area contributed by atoms with E-state index in [9.17, 15) is 9.59 Å². The first kappa shape index (κ1) is 20.1.